The van der Waals surface area contributed by atoms with Crippen LogP contribution in [0.15, 0.2) is 29.4 Å². The molecule has 0 aromatic heterocycles. The molecule has 0 aliphatic rings. The van der Waals surface area contributed by atoms with Gasteiger partial charge in [-0.1, -0.05) is 12.2 Å². The average Bonchev–Trinajstić information content (AvgIpc) is 1.97. The molecule has 0 atom stereocenters. The third kappa shape index (κ3) is 5.25. The zero-order valence-electron chi connectivity index (χ0n) is 6.43. The number of aliphatic imine (C=N–C) groups is 1. The highest BCUT2D eigenvalue weighted by Crippen LogP contribution is 1.97. The van der Waals surface area contributed by atoms with Gasteiger partial charge in [0.1, 0.15) is 0 Å². The SMILES string of the molecule is C=NC=CC(=C)CCNC. The van der Waals surface area contributed by atoms with Crippen molar-refractivity contribution >= 4 is 6.72 Å². The zero-order chi connectivity index (χ0) is 7.82. The van der Waals surface area contributed by atoms with Crippen molar-refractivity contribution < 1.29 is 0 Å². The molecule has 2 heteroatoms. The minimum absolute atomic E-state index is 0.959. The van der Waals surface area contributed by atoms with E-state index < -0.39 is 0 Å². The molecule has 0 fully saturated rings. The molecule has 0 aromatic carbocycles. The van der Waals surface area contributed by atoms with Crippen LogP contribution in [-0.2, 0) is 0 Å². The molecule has 0 amide bonds. The summed E-state index contributed by atoms with van der Waals surface area (Å²) in [5, 5.41) is 3.03. The lowest BCUT2D eigenvalue weighted by Crippen LogP contribution is -2.07. The molecule has 0 saturated carbocycles. The maximum Gasteiger partial charge on any atom is 0.0263 e. The molecule has 0 heterocycles. The Morgan fingerprint density at radius 3 is 2.90 bits per heavy atom. The fourth-order valence-electron chi connectivity index (χ4n) is 0.527. The van der Waals surface area contributed by atoms with Crippen LogP contribution in [0.2, 0.25) is 0 Å². The van der Waals surface area contributed by atoms with Crippen molar-refractivity contribution in [1.29, 1.82) is 0 Å². The Balaban J connectivity index is 3.43. The third-order valence-corrected chi connectivity index (χ3v) is 1.11. The van der Waals surface area contributed by atoms with Gasteiger partial charge in [-0.3, -0.25) is 4.99 Å². The van der Waals surface area contributed by atoms with Gasteiger partial charge in [0.05, 0.1) is 0 Å². The van der Waals surface area contributed by atoms with Gasteiger partial charge in [0.25, 0.3) is 0 Å². The molecule has 0 spiro atoms. The summed E-state index contributed by atoms with van der Waals surface area (Å²) in [6.45, 7) is 8.09. The first-order valence-corrected chi connectivity index (χ1v) is 3.26. The number of rotatable bonds is 5. The number of nitrogens with zero attached hydrogens (tertiary/aromatic N) is 1. The van der Waals surface area contributed by atoms with Gasteiger partial charge in [0.15, 0.2) is 0 Å². The standard InChI is InChI=1S/C8H14N2/c1-8(4-6-9-2)5-7-10-3/h4,6,10H,1-2,5,7H2,3H3. The monoisotopic (exact) mass is 138 g/mol. The summed E-state index contributed by atoms with van der Waals surface area (Å²) >= 11 is 0. The lowest BCUT2D eigenvalue weighted by Gasteiger charge is -1.96. The third-order valence-electron chi connectivity index (χ3n) is 1.11. The van der Waals surface area contributed by atoms with Gasteiger partial charge >= 0.3 is 0 Å². The van der Waals surface area contributed by atoms with Crippen LogP contribution in [0.25, 0.3) is 0 Å². The minimum Gasteiger partial charge on any atom is -0.319 e. The van der Waals surface area contributed by atoms with Gasteiger partial charge < -0.3 is 5.32 Å². The van der Waals surface area contributed by atoms with Gasteiger partial charge in [-0.05, 0) is 32.8 Å². The van der Waals surface area contributed by atoms with Crippen molar-refractivity contribution in [3.05, 3.63) is 24.4 Å². The first-order valence-electron chi connectivity index (χ1n) is 3.26. The quantitative estimate of drug-likeness (QED) is 0.450. The van der Waals surface area contributed by atoms with Gasteiger partial charge in [0.2, 0.25) is 0 Å². The Kier molecular flexibility index (Phi) is 5.68. The number of hydrogen-bond acceptors (Lipinski definition) is 2. The van der Waals surface area contributed by atoms with Crippen LogP contribution in [0.5, 0.6) is 0 Å². The first kappa shape index (κ1) is 9.11. The van der Waals surface area contributed by atoms with Crippen LogP contribution in [0.1, 0.15) is 6.42 Å². The van der Waals surface area contributed by atoms with E-state index in [1.165, 1.54) is 0 Å². The van der Waals surface area contributed by atoms with Crippen molar-refractivity contribution in [2.24, 2.45) is 4.99 Å². The van der Waals surface area contributed by atoms with Gasteiger partial charge in [0, 0.05) is 6.20 Å². The summed E-state index contributed by atoms with van der Waals surface area (Å²) in [4.78, 5) is 3.57. The molecule has 2 nitrogen and oxygen atoms in total. The summed E-state index contributed by atoms with van der Waals surface area (Å²) in [6, 6.07) is 0. The second-order valence-electron chi connectivity index (χ2n) is 2.01. The molecule has 0 radical (unpaired) electrons. The molecule has 0 bridgehead atoms. The van der Waals surface area contributed by atoms with E-state index >= 15 is 0 Å². The van der Waals surface area contributed by atoms with Crippen LogP contribution in [0, 0.1) is 0 Å². The second-order valence-corrected chi connectivity index (χ2v) is 2.01. The predicted octanol–water partition coefficient (Wildman–Crippen LogP) is 1.37. The molecule has 0 aliphatic heterocycles. The predicted molar refractivity (Wildman–Crippen MR) is 46.4 cm³/mol. The first-order chi connectivity index (χ1) is 4.81. The fraction of sp³-hybridized carbons (Fsp3) is 0.375. The van der Waals surface area contributed by atoms with E-state index in [2.05, 4.69) is 23.6 Å². The van der Waals surface area contributed by atoms with E-state index in [1.807, 2.05) is 13.1 Å². The second kappa shape index (κ2) is 6.23. The minimum atomic E-state index is 0.959. The van der Waals surface area contributed by atoms with Crippen LogP contribution < -0.4 is 5.32 Å². The van der Waals surface area contributed by atoms with Gasteiger partial charge in [-0.15, -0.1) is 0 Å². The van der Waals surface area contributed by atoms with E-state index in [0.717, 1.165) is 18.5 Å². The smallest absolute Gasteiger partial charge is 0.0263 e. The Labute approximate surface area is 62.4 Å². The van der Waals surface area contributed by atoms with E-state index in [1.54, 1.807) is 6.20 Å². The van der Waals surface area contributed by atoms with Gasteiger partial charge in [-0.25, -0.2) is 0 Å². The van der Waals surface area contributed by atoms with Crippen molar-refractivity contribution in [2.75, 3.05) is 13.6 Å². The van der Waals surface area contributed by atoms with Crippen molar-refractivity contribution in [3.8, 4) is 0 Å². The Hall–Kier alpha value is -0.890. The topological polar surface area (TPSA) is 24.4 Å². The molecule has 10 heavy (non-hydrogen) atoms. The van der Waals surface area contributed by atoms with Crippen molar-refractivity contribution in [1.82, 2.24) is 5.32 Å². The molecule has 0 aromatic rings. The zero-order valence-corrected chi connectivity index (χ0v) is 6.43. The average molecular weight is 138 g/mol. The van der Waals surface area contributed by atoms with E-state index in [9.17, 15) is 0 Å². The van der Waals surface area contributed by atoms with Crippen molar-refractivity contribution in [2.45, 2.75) is 6.42 Å². The molecular weight excluding hydrogens is 124 g/mol. The highest BCUT2D eigenvalue weighted by atomic mass is 14.8. The van der Waals surface area contributed by atoms with Crippen LogP contribution in [-0.4, -0.2) is 20.3 Å². The summed E-state index contributed by atoms with van der Waals surface area (Å²) in [5.74, 6) is 0. The van der Waals surface area contributed by atoms with Crippen molar-refractivity contribution in [3.63, 3.8) is 0 Å². The lowest BCUT2D eigenvalue weighted by molar-refractivity contribution is 0.795. The molecule has 56 valence electrons. The largest absolute Gasteiger partial charge is 0.319 e. The Morgan fingerprint density at radius 2 is 2.40 bits per heavy atom. The van der Waals surface area contributed by atoms with Gasteiger partial charge in [-0.2, -0.15) is 0 Å². The molecule has 0 aliphatic carbocycles. The van der Waals surface area contributed by atoms with E-state index in [4.69, 9.17) is 0 Å². The summed E-state index contributed by atoms with van der Waals surface area (Å²) in [5.41, 5.74) is 1.07. The number of nitrogens with one attached hydrogen (secondary N) is 1. The van der Waals surface area contributed by atoms with Crippen LogP contribution in [0.3, 0.4) is 0 Å². The molecule has 0 rings (SSSR count). The normalized spacial score (nSPS) is 10.1. The Bertz CT molecular complexity index is 136. The summed E-state index contributed by atoms with van der Waals surface area (Å²) < 4.78 is 0. The highest BCUT2D eigenvalue weighted by Gasteiger charge is 1.84. The van der Waals surface area contributed by atoms with E-state index in [0.29, 0.717) is 0 Å². The number of hydrogen-bond donors (Lipinski definition) is 1. The Morgan fingerprint density at radius 1 is 1.70 bits per heavy atom. The summed E-state index contributed by atoms with van der Waals surface area (Å²) in [7, 11) is 1.92. The molecule has 0 unspecified atom stereocenters. The summed E-state index contributed by atoms with van der Waals surface area (Å²) in [6.07, 6.45) is 4.48. The molecule has 1 N–H and O–H groups in total. The molecule has 0 saturated heterocycles. The number of allylic oxidation sites excluding steroid dienone is 1. The highest BCUT2D eigenvalue weighted by molar-refractivity contribution is 5.27. The fourth-order valence-corrected chi connectivity index (χ4v) is 0.527. The maximum atomic E-state index is 3.82. The van der Waals surface area contributed by atoms with E-state index in [-0.39, 0.29) is 0 Å². The molecular formula is C8H14N2. The van der Waals surface area contributed by atoms with Crippen LogP contribution in [0.4, 0.5) is 0 Å². The van der Waals surface area contributed by atoms with Crippen LogP contribution >= 0.6 is 0 Å². The maximum absolute atomic E-state index is 3.82. The lowest BCUT2D eigenvalue weighted by atomic mass is 10.2.